The van der Waals surface area contributed by atoms with Gasteiger partial charge in [0.05, 0.1) is 0 Å². The number of aryl methyl sites for hydroxylation is 1. The molecule has 0 spiro atoms. The third-order valence-electron chi connectivity index (χ3n) is 4.10. The van der Waals surface area contributed by atoms with E-state index in [1.165, 1.54) is 0 Å². The van der Waals surface area contributed by atoms with Gasteiger partial charge in [0.25, 0.3) is 5.91 Å². The standard InChI is InChI=1S/C13H18BrN3O.ClH/c1-2-16-8-11(14)3-12(16)13(18)17-6-9-4-15-5-10(9)7-17;/h3,8-10,15H,2,4-7H2,1H3;1H/t9-,10+;. The van der Waals surface area contributed by atoms with Crippen molar-refractivity contribution in [3.8, 4) is 0 Å². The van der Waals surface area contributed by atoms with Gasteiger partial charge in [-0.15, -0.1) is 12.4 Å². The van der Waals surface area contributed by atoms with Gasteiger partial charge >= 0.3 is 0 Å². The summed E-state index contributed by atoms with van der Waals surface area (Å²) in [6.45, 7) is 6.83. The number of carbonyl (C=O) groups is 1. The molecule has 106 valence electrons. The van der Waals surface area contributed by atoms with Gasteiger partial charge in [-0.2, -0.15) is 0 Å². The Hall–Kier alpha value is -0.520. The van der Waals surface area contributed by atoms with Gasteiger partial charge in [-0.1, -0.05) is 0 Å². The molecular weight excluding hydrogens is 330 g/mol. The van der Waals surface area contributed by atoms with Gasteiger partial charge in [-0.3, -0.25) is 4.79 Å². The molecule has 4 nitrogen and oxygen atoms in total. The Kier molecular flexibility index (Phi) is 4.58. The number of fused-ring (bicyclic) bond motifs is 1. The Labute approximate surface area is 128 Å². The molecule has 1 aromatic rings. The Balaban J connectivity index is 0.00000133. The van der Waals surface area contributed by atoms with Gasteiger partial charge in [-0.25, -0.2) is 0 Å². The SMILES string of the molecule is CCn1cc(Br)cc1C(=O)N1C[C@H]2CNC[C@H]2C1.Cl. The molecule has 3 heterocycles. The molecule has 1 aromatic heterocycles. The van der Waals surface area contributed by atoms with E-state index in [-0.39, 0.29) is 18.3 Å². The van der Waals surface area contributed by atoms with E-state index in [2.05, 4.69) is 28.2 Å². The fourth-order valence-electron chi connectivity index (χ4n) is 3.10. The number of rotatable bonds is 2. The molecule has 0 unspecified atom stereocenters. The summed E-state index contributed by atoms with van der Waals surface area (Å²) >= 11 is 3.45. The van der Waals surface area contributed by atoms with Gasteiger partial charge in [-0.05, 0) is 40.8 Å². The topological polar surface area (TPSA) is 37.3 Å². The first-order valence-corrected chi connectivity index (χ1v) is 7.34. The van der Waals surface area contributed by atoms with Crippen LogP contribution in [-0.4, -0.2) is 41.6 Å². The second-order valence-corrected chi connectivity index (χ2v) is 6.13. The number of halogens is 2. The molecule has 3 rings (SSSR count). The van der Waals surface area contributed by atoms with Crippen LogP contribution < -0.4 is 5.32 Å². The summed E-state index contributed by atoms with van der Waals surface area (Å²) in [5.74, 6) is 1.49. The number of nitrogens with zero attached hydrogens (tertiary/aromatic N) is 2. The fourth-order valence-corrected chi connectivity index (χ4v) is 3.56. The predicted octanol–water partition coefficient (Wildman–Crippen LogP) is 1.98. The maximum atomic E-state index is 12.5. The molecule has 2 aliphatic heterocycles. The Bertz CT molecular complexity index is 464. The summed E-state index contributed by atoms with van der Waals surface area (Å²) in [6, 6.07) is 1.93. The number of hydrogen-bond donors (Lipinski definition) is 1. The van der Waals surface area contributed by atoms with Crippen molar-refractivity contribution in [3.05, 3.63) is 22.4 Å². The first-order valence-electron chi connectivity index (χ1n) is 6.54. The molecule has 1 N–H and O–H groups in total. The Morgan fingerprint density at radius 2 is 2.05 bits per heavy atom. The normalized spacial score (nSPS) is 25.3. The van der Waals surface area contributed by atoms with Gasteiger partial charge < -0.3 is 14.8 Å². The van der Waals surface area contributed by atoms with Crippen molar-refractivity contribution in [2.75, 3.05) is 26.2 Å². The van der Waals surface area contributed by atoms with Crippen molar-refractivity contribution in [1.29, 1.82) is 0 Å². The molecule has 0 radical (unpaired) electrons. The van der Waals surface area contributed by atoms with Crippen LogP contribution in [0.4, 0.5) is 0 Å². The summed E-state index contributed by atoms with van der Waals surface area (Å²) in [7, 11) is 0. The quantitative estimate of drug-likeness (QED) is 0.887. The van der Waals surface area contributed by atoms with Gasteiger partial charge in [0.1, 0.15) is 5.69 Å². The molecule has 0 bridgehead atoms. The third-order valence-corrected chi connectivity index (χ3v) is 4.53. The summed E-state index contributed by atoms with van der Waals surface area (Å²) in [4.78, 5) is 14.6. The summed E-state index contributed by atoms with van der Waals surface area (Å²) in [6.07, 6.45) is 1.98. The molecule has 2 saturated heterocycles. The monoisotopic (exact) mass is 347 g/mol. The minimum absolute atomic E-state index is 0. The van der Waals surface area contributed by atoms with Crippen LogP contribution in [-0.2, 0) is 6.54 Å². The van der Waals surface area contributed by atoms with Crippen LogP contribution in [0.25, 0.3) is 0 Å². The van der Waals surface area contributed by atoms with Crippen LogP contribution in [0.5, 0.6) is 0 Å². The molecule has 6 heteroatoms. The molecule has 19 heavy (non-hydrogen) atoms. The number of likely N-dealkylation sites (tertiary alicyclic amines) is 1. The summed E-state index contributed by atoms with van der Waals surface area (Å²) in [5.41, 5.74) is 0.803. The zero-order chi connectivity index (χ0) is 12.7. The minimum Gasteiger partial charge on any atom is -0.343 e. The second kappa shape index (κ2) is 5.85. The maximum Gasteiger partial charge on any atom is 0.270 e. The average molecular weight is 349 g/mol. The molecule has 0 saturated carbocycles. The largest absolute Gasteiger partial charge is 0.343 e. The van der Waals surface area contributed by atoms with Crippen LogP contribution in [0, 0.1) is 11.8 Å². The van der Waals surface area contributed by atoms with Crippen molar-refractivity contribution in [1.82, 2.24) is 14.8 Å². The first-order chi connectivity index (χ1) is 8.69. The van der Waals surface area contributed by atoms with E-state index in [0.717, 1.165) is 42.9 Å². The zero-order valence-corrected chi connectivity index (χ0v) is 13.3. The second-order valence-electron chi connectivity index (χ2n) is 5.22. The number of aromatic nitrogens is 1. The average Bonchev–Trinajstić information content (AvgIpc) is 3.00. The highest BCUT2D eigenvalue weighted by atomic mass is 79.9. The molecule has 2 atom stereocenters. The number of nitrogens with one attached hydrogen (secondary N) is 1. The van der Waals surface area contributed by atoms with Gasteiger partial charge in [0.15, 0.2) is 0 Å². The predicted molar refractivity (Wildman–Crippen MR) is 80.8 cm³/mol. The van der Waals surface area contributed by atoms with Crippen LogP contribution in [0.1, 0.15) is 17.4 Å². The molecular formula is C13H19BrClN3O. The van der Waals surface area contributed by atoms with Crippen LogP contribution in [0.15, 0.2) is 16.7 Å². The fraction of sp³-hybridized carbons (Fsp3) is 0.615. The van der Waals surface area contributed by atoms with Crippen molar-refractivity contribution in [2.45, 2.75) is 13.5 Å². The van der Waals surface area contributed by atoms with Crippen molar-refractivity contribution in [2.24, 2.45) is 11.8 Å². The van der Waals surface area contributed by atoms with Crippen molar-refractivity contribution < 1.29 is 4.79 Å². The van der Waals surface area contributed by atoms with Crippen molar-refractivity contribution in [3.63, 3.8) is 0 Å². The lowest BCUT2D eigenvalue weighted by molar-refractivity contribution is 0.0771. The lowest BCUT2D eigenvalue weighted by Gasteiger charge is -2.18. The minimum atomic E-state index is 0. The Morgan fingerprint density at radius 3 is 2.63 bits per heavy atom. The first kappa shape index (κ1) is 14.9. The zero-order valence-electron chi connectivity index (χ0n) is 10.9. The highest BCUT2D eigenvalue weighted by molar-refractivity contribution is 9.10. The van der Waals surface area contributed by atoms with Crippen LogP contribution in [0.2, 0.25) is 0 Å². The highest BCUT2D eigenvalue weighted by Gasteiger charge is 2.38. The van der Waals surface area contributed by atoms with E-state index in [0.29, 0.717) is 11.8 Å². The van der Waals surface area contributed by atoms with E-state index in [1.807, 2.05) is 21.7 Å². The van der Waals surface area contributed by atoms with Crippen LogP contribution in [0.3, 0.4) is 0 Å². The highest BCUT2D eigenvalue weighted by Crippen LogP contribution is 2.28. The molecule has 2 fully saturated rings. The molecule has 0 aromatic carbocycles. The summed E-state index contributed by atoms with van der Waals surface area (Å²) < 4.78 is 2.99. The number of amides is 1. The van der Waals surface area contributed by atoms with Crippen LogP contribution >= 0.6 is 28.3 Å². The number of hydrogen-bond acceptors (Lipinski definition) is 2. The van der Waals surface area contributed by atoms with E-state index in [4.69, 9.17) is 0 Å². The number of carbonyl (C=O) groups excluding carboxylic acids is 1. The summed E-state index contributed by atoms with van der Waals surface area (Å²) in [5, 5.41) is 3.40. The smallest absolute Gasteiger partial charge is 0.270 e. The maximum absolute atomic E-state index is 12.5. The lowest BCUT2D eigenvalue weighted by atomic mass is 10.0. The van der Waals surface area contributed by atoms with E-state index in [9.17, 15) is 4.79 Å². The van der Waals surface area contributed by atoms with Crippen molar-refractivity contribution >= 4 is 34.2 Å². The lowest BCUT2D eigenvalue weighted by Crippen LogP contribution is -2.33. The Morgan fingerprint density at radius 1 is 1.42 bits per heavy atom. The van der Waals surface area contributed by atoms with Gasteiger partial charge in [0, 0.05) is 43.4 Å². The molecule has 0 aliphatic carbocycles. The van der Waals surface area contributed by atoms with E-state index < -0.39 is 0 Å². The molecule has 1 amide bonds. The molecule has 2 aliphatic rings. The third kappa shape index (κ3) is 2.69. The van der Waals surface area contributed by atoms with E-state index >= 15 is 0 Å². The van der Waals surface area contributed by atoms with E-state index in [1.54, 1.807) is 0 Å². The van der Waals surface area contributed by atoms with Gasteiger partial charge in [0.2, 0.25) is 0 Å².